The van der Waals surface area contributed by atoms with E-state index in [9.17, 15) is 4.79 Å². The molecule has 2 N–H and O–H groups in total. The van der Waals surface area contributed by atoms with Gasteiger partial charge in [0.2, 0.25) is 5.91 Å². The summed E-state index contributed by atoms with van der Waals surface area (Å²) in [5, 5.41) is -0.244. The molecule has 0 aliphatic heterocycles. The van der Waals surface area contributed by atoms with Gasteiger partial charge in [0, 0.05) is 0 Å². The molecule has 1 amide bonds. The average Bonchev–Trinajstić information content (AvgIpc) is 2.18. The van der Waals surface area contributed by atoms with Crippen LogP contribution in [0.15, 0.2) is 29.2 Å². The van der Waals surface area contributed by atoms with Crippen LogP contribution in [0.2, 0.25) is 0 Å². The lowest BCUT2D eigenvalue weighted by Crippen LogP contribution is -2.22. The van der Waals surface area contributed by atoms with E-state index >= 15 is 0 Å². The molecule has 0 bridgehead atoms. The SMILES string of the molecule is COc1ccccc1SC(C)C(N)=O. The molecule has 0 fully saturated rings. The Labute approximate surface area is 87.6 Å². The second kappa shape index (κ2) is 4.91. The molecule has 1 aromatic rings. The number of rotatable bonds is 4. The highest BCUT2D eigenvalue weighted by atomic mass is 32.2. The first kappa shape index (κ1) is 10.9. The maximum atomic E-state index is 10.9. The molecule has 1 rings (SSSR count). The van der Waals surface area contributed by atoms with Crippen LogP contribution in [0.5, 0.6) is 5.75 Å². The van der Waals surface area contributed by atoms with Crippen molar-refractivity contribution >= 4 is 17.7 Å². The smallest absolute Gasteiger partial charge is 0.230 e. The molecule has 14 heavy (non-hydrogen) atoms. The zero-order valence-corrected chi connectivity index (χ0v) is 9.01. The van der Waals surface area contributed by atoms with Crippen molar-refractivity contribution in [1.82, 2.24) is 0 Å². The van der Waals surface area contributed by atoms with Gasteiger partial charge in [-0.1, -0.05) is 12.1 Å². The van der Waals surface area contributed by atoms with Crippen LogP contribution < -0.4 is 10.5 Å². The zero-order chi connectivity index (χ0) is 10.6. The molecule has 0 radical (unpaired) electrons. The summed E-state index contributed by atoms with van der Waals surface area (Å²) >= 11 is 1.40. The Bertz CT molecular complexity index is 328. The molecule has 0 aliphatic rings. The van der Waals surface area contributed by atoms with Crippen molar-refractivity contribution < 1.29 is 9.53 Å². The number of hydrogen-bond donors (Lipinski definition) is 1. The summed E-state index contributed by atoms with van der Waals surface area (Å²) in [6.07, 6.45) is 0. The zero-order valence-electron chi connectivity index (χ0n) is 8.19. The summed E-state index contributed by atoms with van der Waals surface area (Å²) < 4.78 is 5.15. The van der Waals surface area contributed by atoms with Crippen molar-refractivity contribution in [3.8, 4) is 5.75 Å². The first-order chi connectivity index (χ1) is 6.65. The number of methoxy groups -OCH3 is 1. The third-order valence-electron chi connectivity index (χ3n) is 1.77. The molecule has 4 heteroatoms. The lowest BCUT2D eigenvalue weighted by molar-refractivity contribution is -0.117. The monoisotopic (exact) mass is 211 g/mol. The van der Waals surface area contributed by atoms with Gasteiger partial charge in [0.1, 0.15) is 5.75 Å². The summed E-state index contributed by atoms with van der Waals surface area (Å²) in [4.78, 5) is 11.8. The molecule has 76 valence electrons. The highest BCUT2D eigenvalue weighted by Crippen LogP contribution is 2.31. The predicted molar refractivity (Wildman–Crippen MR) is 57.5 cm³/mol. The third kappa shape index (κ3) is 2.67. The highest BCUT2D eigenvalue weighted by molar-refractivity contribution is 8.00. The van der Waals surface area contributed by atoms with Crippen LogP contribution in [0.3, 0.4) is 0 Å². The largest absolute Gasteiger partial charge is 0.496 e. The van der Waals surface area contributed by atoms with Gasteiger partial charge in [0.05, 0.1) is 17.3 Å². The quantitative estimate of drug-likeness (QED) is 0.771. The van der Waals surface area contributed by atoms with Crippen LogP contribution in [0, 0.1) is 0 Å². The van der Waals surface area contributed by atoms with Crippen molar-refractivity contribution in [2.75, 3.05) is 7.11 Å². The standard InChI is InChI=1S/C10H13NO2S/c1-7(10(11)12)14-9-6-4-3-5-8(9)13-2/h3-7H,1-2H3,(H2,11,12). The maximum absolute atomic E-state index is 10.9. The highest BCUT2D eigenvalue weighted by Gasteiger charge is 2.12. The second-order valence-electron chi connectivity index (χ2n) is 2.81. The maximum Gasteiger partial charge on any atom is 0.230 e. The van der Waals surface area contributed by atoms with Gasteiger partial charge in [0.15, 0.2) is 0 Å². The first-order valence-corrected chi connectivity index (χ1v) is 5.12. The Kier molecular flexibility index (Phi) is 3.83. The molecular formula is C10H13NO2S. The Morgan fingerprint density at radius 2 is 2.14 bits per heavy atom. The third-order valence-corrected chi connectivity index (χ3v) is 2.95. The molecule has 0 saturated heterocycles. The number of thioether (sulfide) groups is 1. The van der Waals surface area contributed by atoms with Gasteiger partial charge in [-0.25, -0.2) is 0 Å². The predicted octanol–water partition coefficient (Wildman–Crippen LogP) is 1.66. The molecule has 0 spiro atoms. The molecule has 0 aromatic heterocycles. The van der Waals surface area contributed by atoms with E-state index in [4.69, 9.17) is 10.5 Å². The van der Waals surface area contributed by atoms with Crippen molar-refractivity contribution in [2.45, 2.75) is 17.1 Å². The van der Waals surface area contributed by atoms with E-state index in [1.165, 1.54) is 11.8 Å². The summed E-state index contributed by atoms with van der Waals surface area (Å²) in [6.45, 7) is 1.78. The van der Waals surface area contributed by atoms with E-state index in [-0.39, 0.29) is 11.2 Å². The average molecular weight is 211 g/mol. The van der Waals surface area contributed by atoms with Crippen LogP contribution in [0.25, 0.3) is 0 Å². The summed E-state index contributed by atoms with van der Waals surface area (Å²) in [7, 11) is 1.61. The topological polar surface area (TPSA) is 52.3 Å². The normalized spacial score (nSPS) is 12.1. The first-order valence-electron chi connectivity index (χ1n) is 4.24. The molecule has 1 atom stereocenters. The summed E-state index contributed by atoms with van der Waals surface area (Å²) in [6, 6.07) is 7.55. The number of hydrogen-bond acceptors (Lipinski definition) is 3. The number of carbonyl (C=O) groups excluding carboxylic acids is 1. The van der Waals surface area contributed by atoms with Crippen LogP contribution in [-0.2, 0) is 4.79 Å². The Hall–Kier alpha value is -1.16. The summed E-state index contributed by atoms with van der Waals surface area (Å²) in [5.41, 5.74) is 5.17. The molecule has 3 nitrogen and oxygen atoms in total. The van der Waals surface area contributed by atoms with Crippen LogP contribution in [-0.4, -0.2) is 18.3 Å². The minimum absolute atomic E-state index is 0.244. The Morgan fingerprint density at radius 1 is 1.50 bits per heavy atom. The lowest BCUT2D eigenvalue weighted by Gasteiger charge is -2.10. The fraction of sp³-hybridized carbons (Fsp3) is 0.300. The van der Waals surface area contributed by atoms with Gasteiger partial charge in [-0.05, 0) is 19.1 Å². The fourth-order valence-electron chi connectivity index (χ4n) is 0.965. The molecule has 0 heterocycles. The molecule has 1 unspecified atom stereocenters. The van der Waals surface area contributed by atoms with Gasteiger partial charge in [-0.15, -0.1) is 11.8 Å². The van der Waals surface area contributed by atoms with Gasteiger partial charge in [-0.2, -0.15) is 0 Å². The number of amides is 1. The van der Waals surface area contributed by atoms with Gasteiger partial charge in [-0.3, -0.25) is 4.79 Å². The van der Waals surface area contributed by atoms with Crippen molar-refractivity contribution in [2.24, 2.45) is 5.73 Å². The summed E-state index contributed by atoms with van der Waals surface area (Å²) in [5.74, 6) is 0.450. The number of benzene rings is 1. The minimum Gasteiger partial charge on any atom is -0.496 e. The van der Waals surface area contributed by atoms with E-state index in [1.54, 1.807) is 14.0 Å². The van der Waals surface area contributed by atoms with Crippen molar-refractivity contribution in [3.63, 3.8) is 0 Å². The number of ether oxygens (including phenoxy) is 1. The van der Waals surface area contributed by atoms with Crippen LogP contribution >= 0.6 is 11.8 Å². The fourth-order valence-corrected chi connectivity index (χ4v) is 1.89. The molecule has 0 aliphatic carbocycles. The molecular weight excluding hydrogens is 198 g/mol. The lowest BCUT2D eigenvalue weighted by atomic mass is 10.3. The van der Waals surface area contributed by atoms with Crippen LogP contribution in [0.1, 0.15) is 6.92 Å². The number of primary amides is 1. The van der Waals surface area contributed by atoms with E-state index in [0.717, 1.165) is 10.6 Å². The van der Waals surface area contributed by atoms with Gasteiger partial charge >= 0.3 is 0 Å². The van der Waals surface area contributed by atoms with Crippen LogP contribution in [0.4, 0.5) is 0 Å². The second-order valence-corrected chi connectivity index (χ2v) is 4.20. The van der Waals surface area contributed by atoms with E-state index in [1.807, 2.05) is 24.3 Å². The minimum atomic E-state index is -0.319. The molecule has 1 aromatic carbocycles. The van der Waals surface area contributed by atoms with Crippen molar-refractivity contribution in [3.05, 3.63) is 24.3 Å². The number of carbonyl (C=O) groups is 1. The van der Waals surface area contributed by atoms with E-state index < -0.39 is 0 Å². The Balaban J connectivity index is 2.80. The van der Waals surface area contributed by atoms with E-state index in [2.05, 4.69) is 0 Å². The van der Waals surface area contributed by atoms with E-state index in [0.29, 0.717) is 0 Å². The number of para-hydroxylation sites is 1. The molecule has 0 saturated carbocycles. The van der Waals surface area contributed by atoms with Gasteiger partial charge in [0.25, 0.3) is 0 Å². The van der Waals surface area contributed by atoms with Crippen molar-refractivity contribution in [1.29, 1.82) is 0 Å². The van der Waals surface area contributed by atoms with Gasteiger partial charge < -0.3 is 10.5 Å². The Morgan fingerprint density at radius 3 is 2.71 bits per heavy atom. The number of nitrogens with two attached hydrogens (primary N) is 1.